The van der Waals surface area contributed by atoms with Gasteiger partial charge in [0.2, 0.25) is 0 Å². The van der Waals surface area contributed by atoms with Crippen molar-refractivity contribution in [3.8, 4) is 0 Å². The van der Waals surface area contributed by atoms with Crippen molar-refractivity contribution in [2.45, 2.75) is 25.9 Å². The molecule has 0 aliphatic carbocycles. The van der Waals surface area contributed by atoms with Crippen molar-refractivity contribution in [2.24, 2.45) is 0 Å². The number of benzene rings is 1. The number of pyridine rings is 1. The van der Waals surface area contributed by atoms with Crippen LogP contribution in [-0.2, 0) is 6.42 Å². The van der Waals surface area contributed by atoms with E-state index >= 15 is 0 Å². The minimum absolute atomic E-state index is 0.581. The molecule has 3 aromatic rings. The maximum atomic E-state index is 10.3. The van der Waals surface area contributed by atoms with Crippen LogP contribution in [0.3, 0.4) is 0 Å². The smallest absolute Gasteiger partial charge is 0.137 e. The van der Waals surface area contributed by atoms with Gasteiger partial charge >= 0.3 is 0 Å². The van der Waals surface area contributed by atoms with E-state index in [1.807, 2.05) is 49.5 Å². The van der Waals surface area contributed by atoms with Gasteiger partial charge in [-0.2, -0.15) is 0 Å². The molecule has 0 amide bonds. The maximum Gasteiger partial charge on any atom is 0.137 e. The van der Waals surface area contributed by atoms with Crippen molar-refractivity contribution in [1.29, 1.82) is 0 Å². The second-order valence-electron chi connectivity index (χ2n) is 5.06. The van der Waals surface area contributed by atoms with E-state index in [4.69, 9.17) is 4.42 Å². The van der Waals surface area contributed by atoms with Crippen LogP contribution in [0.15, 0.2) is 53.2 Å². The molecule has 3 rings (SSSR count). The van der Waals surface area contributed by atoms with Gasteiger partial charge in [0.1, 0.15) is 17.4 Å². The van der Waals surface area contributed by atoms with Gasteiger partial charge in [0.15, 0.2) is 0 Å². The number of aliphatic hydroxyl groups excluding tert-OH is 1. The van der Waals surface area contributed by atoms with Gasteiger partial charge in [-0.15, -0.1) is 0 Å². The second kappa shape index (κ2) is 5.47. The van der Waals surface area contributed by atoms with Crippen LogP contribution in [0.5, 0.6) is 0 Å². The monoisotopic (exact) mass is 267 g/mol. The van der Waals surface area contributed by atoms with Crippen LogP contribution in [0.4, 0.5) is 0 Å². The van der Waals surface area contributed by atoms with E-state index in [9.17, 15) is 5.11 Å². The van der Waals surface area contributed by atoms with Crippen LogP contribution >= 0.6 is 0 Å². The predicted octanol–water partition coefficient (Wildman–Crippen LogP) is 3.80. The summed E-state index contributed by atoms with van der Waals surface area (Å²) < 4.78 is 5.78. The quantitative estimate of drug-likeness (QED) is 0.782. The molecule has 0 saturated carbocycles. The number of nitrogens with zero attached hydrogens (tertiary/aromatic N) is 1. The van der Waals surface area contributed by atoms with Crippen LogP contribution in [-0.4, -0.2) is 10.1 Å². The first kappa shape index (κ1) is 12.9. The Labute approximate surface area is 117 Å². The normalized spacial score (nSPS) is 12.7. The molecule has 1 N–H and O–H groups in total. The third-order valence-corrected chi connectivity index (χ3v) is 3.52. The fourth-order valence-corrected chi connectivity index (χ4v) is 2.38. The molecule has 3 heteroatoms. The number of aliphatic hydroxyl groups is 1. The summed E-state index contributed by atoms with van der Waals surface area (Å²) in [5, 5.41) is 11.3. The van der Waals surface area contributed by atoms with Gasteiger partial charge in [-0.3, -0.25) is 4.98 Å². The van der Waals surface area contributed by atoms with E-state index in [2.05, 4.69) is 4.98 Å². The lowest BCUT2D eigenvalue weighted by molar-refractivity contribution is 0.143. The van der Waals surface area contributed by atoms with E-state index in [-0.39, 0.29) is 0 Å². The van der Waals surface area contributed by atoms with Crippen molar-refractivity contribution in [3.05, 3.63) is 65.7 Å². The van der Waals surface area contributed by atoms with Gasteiger partial charge in [0, 0.05) is 17.8 Å². The molecule has 0 fully saturated rings. The van der Waals surface area contributed by atoms with Crippen molar-refractivity contribution in [3.63, 3.8) is 0 Å². The molecule has 0 bridgehead atoms. The topological polar surface area (TPSA) is 46.3 Å². The molecule has 1 aromatic carbocycles. The van der Waals surface area contributed by atoms with Crippen LogP contribution < -0.4 is 0 Å². The molecule has 0 aliphatic rings. The molecule has 3 nitrogen and oxygen atoms in total. The summed E-state index contributed by atoms with van der Waals surface area (Å²) in [6, 6.07) is 11.9. The Bertz CT molecular complexity index is 703. The van der Waals surface area contributed by atoms with E-state index < -0.39 is 6.10 Å². The highest BCUT2D eigenvalue weighted by Crippen LogP contribution is 2.28. The zero-order valence-corrected chi connectivity index (χ0v) is 11.4. The van der Waals surface area contributed by atoms with Crippen LogP contribution in [0.1, 0.15) is 29.4 Å². The molecule has 20 heavy (non-hydrogen) atoms. The predicted molar refractivity (Wildman–Crippen MR) is 78.5 cm³/mol. The summed E-state index contributed by atoms with van der Waals surface area (Å²) in [5.74, 6) is 0.637. The highest BCUT2D eigenvalue weighted by atomic mass is 16.4. The zero-order chi connectivity index (χ0) is 13.9. The Kier molecular flexibility index (Phi) is 3.52. The number of rotatable bonds is 4. The fourth-order valence-electron chi connectivity index (χ4n) is 2.38. The average Bonchev–Trinajstić information content (AvgIpc) is 2.91. The molecule has 0 saturated heterocycles. The van der Waals surface area contributed by atoms with E-state index in [1.54, 1.807) is 6.20 Å². The molecule has 2 aromatic heterocycles. The fraction of sp³-hybridized carbons (Fsp3) is 0.235. The number of hydrogen-bond donors (Lipinski definition) is 1. The van der Waals surface area contributed by atoms with Crippen molar-refractivity contribution in [2.75, 3.05) is 0 Å². The third kappa shape index (κ3) is 2.58. The summed E-state index contributed by atoms with van der Waals surface area (Å²) in [5.41, 5.74) is 3.08. The number of furan rings is 1. The van der Waals surface area contributed by atoms with Gasteiger partial charge < -0.3 is 9.52 Å². The highest BCUT2D eigenvalue weighted by molar-refractivity contribution is 5.80. The Hall–Kier alpha value is -2.13. The third-order valence-electron chi connectivity index (χ3n) is 3.52. The Morgan fingerprint density at radius 1 is 1.25 bits per heavy atom. The minimum atomic E-state index is -0.581. The Morgan fingerprint density at radius 2 is 2.15 bits per heavy atom. The first-order valence-corrected chi connectivity index (χ1v) is 6.80. The summed E-state index contributed by atoms with van der Waals surface area (Å²) in [4.78, 5) is 4.08. The molecule has 2 heterocycles. The van der Waals surface area contributed by atoms with Crippen molar-refractivity contribution < 1.29 is 9.52 Å². The maximum absolute atomic E-state index is 10.3. The van der Waals surface area contributed by atoms with Crippen LogP contribution in [0.2, 0.25) is 0 Å². The first-order chi connectivity index (χ1) is 9.74. The van der Waals surface area contributed by atoms with Gasteiger partial charge in [-0.1, -0.05) is 24.3 Å². The first-order valence-electron chi connectivity index (χ1n) is 6.80. The summed E-state index contributed by atoms with van der Waals surface area (Å²) in [6.45, 7) is 2.01. The molecular formula is C17H17NO2. The van der Waals surface area contributed by atoms with Crippen molar-refractivity contribution in [1.82, 2.24) is 4.98 Å². The number of para-hydroxylation sites is 1. The Morgan fingerprint density at radius 3 is 2.90 bits per heavy atom. The van der Waals surface area contributed by atoms with E-state index in [1.165, 1.54) is 0 Å². The second-order valence-corrected chi connectivity index (χ2v) is 5.06. The van der Waals surface area contributed by atoms with E-state index in [0.29, 0.717) is 12.2 Å². The van der Waals surface area contributed by atoms with Crippen LogP contribution in [0.25, 0.3) is 11.0 Å². The number of aromatic nitrogens is 1. The average molecular weight is 267 g/mol. The number of aryl methyl sites for hydroxylation is 2. The lowest BCUT2D eigenvalue weighted by Crippen LogP contribution is -1.98. The minimum Gasteiger partial charge on any atom is -0.458 e. The molecule has 0 aliphatic heterocycles. The highest BCUT2D eigenvalue weighted by Gasteiger charge is 2.14. The molecule has 0 radical (unpaired) electrons. The number of fused-ring (bicyclic) bond motifs is 1. The molecule has 0 spiro atoms. The largest absolute Gasteiger partial charge is 0.458 e. The molecule has 102 valence electrons. The summed E-state index contributed by atoms with van der Waals surface area (Å²) in [6.07, 6.45) is 4.41. The molecular weight excluding hydrogens is 250 g/mol. The molecule has 1 unspecified atom stereocenters. The lowest BCUT2D eigenvalue weighted by atomic mass is 10.1. The standard InChI is InChI=1S/C17H17NO2/c1-12-4-2-6-14-10-16(20-17(12)14)15(19)8-7-13-5-3-9-18-11-13/h2-6,9-11,15,19H,7-8H2,1H3. The number of hydrogen-bond acceptors (Lipinski definition) is 3. The van der Waals surface area contributed by atoms with Crippen molar-refractivity contribution >= 4 is 11.0 Å². The van der Waals surface area contributed by atoms with Crippen LogP contribution in [0, 0.1) is 6.92 Å². The van der Waals surface area contributed by atoms with Gasteiger partial charge in [-0.05, 0) is 43.0 Å². The van der Waals surface area contributed by atoms with Gasteiger partial charge in [0.25, 0.3) is 0 Å². The lowest BCUT2D eigenvalue weighted by Gasteiger charge is -2.07. The van der Waals surface area contributed by atoms with Gasteiger partial charge in [0.05, 0.1) is 0 Å². The van der Waals surface area contributed by atoms with E-state index in [0.717, 1.165) is 28.5 Å². The van der Waals surface area contributed by atoms with Gasteiger partial charge in [-0.25, -0.2) is 0 Å². The summed E-state index contributed by atoms with van der Waals surface area (Å²) in [7, 11) is 0. The molecule has 1 atom stereocenters. The zero-order valence-electron chi connectivity index (χ0n) is 11.4. The summed E-state index contributed by atoms with van der Waals surface area (Å²) >= 11 is 0. The SMILES string of the molecule is Cc1cccc2cc(C(O)CCc3cccnc3)oc12. The Balaban J connectivity index is 1.75.